The lowest BCUT2D eigenvalue weighted by molar-refractivity contribution is -0.142. The number of thiophene rings is 1. The maximum absolute atomic E-state index is 12.6. The Hall–Kier alpha value is -1.56. The van der Waals surface area contributed by atoms with Crippen molar-refractivity contribution in [1.82, 2.24) is 10.2 Å². The SMILES string of the molecule is Cc1ccc(CN(C(=O)NC2CCC(C(=O)O)CC2)C(C)C)s1. The Bertz CT molecular complexity index is 548. The minimum absolute atomic E-state index is 0.0511. The molecule has 1 heterocycles. The molecule has 23 heavy (non-hydrogen) atoms. The van der Waals surface area contributed by atoms with Crippen LogP contribution in [0, 0.1) is 12.8 Å². The molecule has 1 fully saturated rings. The summed E-state index contributed by atoms with van der Waals surface area (Å²) in [5, 5.41) is 12.1. The van der Waals surface area contributed by atoms with Gasteiger partial charge in [-0.25, -0.2) is 4.79 Å². The van der Waals surface area contributed by atoms with Crippen molar-refractivity contribution in [2.45, 2.75) is 65.1 Å². The van der Waals surface area contributed by atoms with Crippen molar-refractivity contribution in [3.63, 3.8) is 0 Å². The second kappa shape index (κ2) is 7.81. The van der Waals surface area contributed by atoms with Crippen molar-refractivity contribution in [3.8, 4) is 0 Å². The molecule has 5 nitrogen and oxygen atoms in total. The molecule has 1 aliphatic rings. The fourth-order valence-electron chi connectivity index (χ4n) is 2.97. The zero-order valence-electron chi connectivity index (χ0n) is 14.0. The lowest BCUT2D eigenvalue weighted by Gasteiger charge is -2.32. The van der Waals surface area contributed by atoms with Crippen LogP contribution in [0.3, 0.4) is 0 Å². The molecule has 0 spiro atoms. The molecule has 2 rings (SSSR count). The lowest BCUT2D eigenvalue weighted by Crippen LogP contribution is -2.48. The Kier molecular flexibility index (Phi) is 6.04. The molecule has 1 aromatic heterocycles. The van der Waals surface area contributed by atoms with Gasteiger partial charge in [0.1, 0.15) is 0 Å². The van der Waals surface area contributed by atoms with Crippen molar-refractivity contribution in [1.29, 1.82) is 0 Å². The van der Waals surface area contributed by atoms with Crippen LogP contribution in [0.5, 0.6) is 0 Å². The predicted octanol–water partition coefficient (Wildman–Crippen LogP) is 3.62. The van der Waals surface area contributed by atoms with Crippen LogP contribution in [0.4, 0.5) is 4.79 Å². The van der Waals surface area contributed by atoms with Crippen LogP contribution in [0.15, 0.2) is 12.1 Å². The minimum atomic E-state index is -0.716. The van der Waals surface area contributed by atoms with Gasteiger partial charge in [-0.1, -0.05) is 0 Å². The molecular formula is C17H26N2O3S. The van der Waals surface area contributed by atoms with Gasteiger partial charge in [-0.2, -0.15) is 0 Å². The van der Waals surface area contributed by atoms with Crippen LogP contribution in [0.1, 0.15) is 49.3 Å². The first kappa shape index (κ1) is 17.8. The molecule has 0 aromatic carbocycles. The zero-order chi connectivity index (χ0) is 17.0. The van der Waals surface area contributed by atoms with Gasteiger partial charge in [-0.3, -0.25) is 4.79 Å². The monoisotopic (exact) mass is 338 g/mol. The van der Waals surface area contributed by atoms with Crippen LogP contribution < -0.4 is 5.32 Å². The average Bonchev–Trinajstić information content (AvgIpc) is 2.90. The normalized spacial score (nSPS) is 21.2. The zero-order valence-corrected chi connectivity index (χ0v) is 14.9. The third-order valence-corrected chi connectivity index (χ3v) is 5.40. The van der Waals surface area contributed by atoms with Gasteiger partial charge in [0.05, 0.1) is 12.5 Å². The van der Waals surface area contributed by atoms with E-state index in [1.54, 1.807) is 11.3 Å². The molecule has 0 bridgehead atoms. The number of carboxylic acids is 1. The van der Waals surface area contributed by atoms with Crippen molar-refractivity contribution in [2.24, 2.45) is 5.92 Å². The summed E-state index contributed by atoms with van der Waals surface area (Å²) in [6.45, 7) is 6.71. The molecule has 6 heteroatoms. The van der Waals surface area contributed by atoms with E-state index in [0.29, 0.717) is 19.4 Å². The van der Waals surface area contributed by atoms with Crippen molar-refractivity contribution < 1.29 is 14.7 Å². The number of carbonyl (C=O) groups is 2. The highest BCUT2D eigenvalue weighted by Gasteiger charge is 2.28. The highest BCUT2D eigenvalue weighted by molar-refractivity contribution is 7.11. The van der Waals surface area contributed by atoms with Crippen LogP contribution in [-0.2, 0) is 11.3 Å². The van der Waals surface area contributed by atoms with E-state index in [0.717, 1.165) is 12.8 Å². The number of amides is 2. The van der Waals surface area contributed by atoms with Gasteiger partial charge in [0.15, 0.2) is 0 Å². The number of hydrogen-bond acceptors (Lipinski definition) is 3. The fraction of sp³-hybridized carbons (Fsp3) is 0.647. The van der Waals surface area contributed by atoms with Crippen LogP contribution in [-0.4, -0.2) is 34.1 Å². The molecular weight excluding hydrogens is 312 g/mol. The smallest absolute Gasteiger partial charge is 0.318 e. The number of carbonyl (C=O) groups excluding carboxylic acids is 1. The highest BCUT2D eigenvalue weighted by atomic mass is 32.1. The van der Waals surface area contributed by atoms with Crippen molar-refractivity contribution in [3.05, 3.63) is 21.9 Å². The number of urea groups is 1. The molecule has 1 saturated carbocycles. The van der Waals surface area contributed by atoms with Gasteiger partial charge in [-0.05, 0) is 58.6 Å². The van der Waals surface area contributed by atoms with Crippen LogP contribution in [0.25, 0.3) is 0 Å². The maximum atomic E-state index is 12.6. The quantitative estimate of drug-likeness (QED) is 0.861. The molecule has 0 atom stereocenters. The number of nitrogens with one attached hydrogen (secondary N) is 1. The van der Waals surface area contributed by atoms with E-state index in [9.17, 15) is 9.59 Å². The molecule has 2 N–H and O–H groups in total. The Balaban J connectivity index is 1.90. The summed E-state index contributed by atoms with van der Waals surface area (Å²) >= 11 is 1.71. The first-order valence-electron chi connectivity index (χ1n) is 8.22. The standard InChI is InChI=1S/C17H26N2O3S/c1-11(2)19(10-15-9-4-12(3)23-15)17(22)18-14-7-5-13(6-8-14)16(20)21/h4,9,11,13-14H,5-8,10H2,1-3H3,(H,18,22)(H,20,21). The average molecular weight is 338 g/mol. The maximum Gasteiger partial charge on any atom is 0.318 e. The second-order valence-corrected chi connectivity index (χ2v) is 7.94. The largest absolute Gasteiger partial charge is 0.481 e. The first-order valence-corrected chi connectivity index (χ1v) is 9.03. The number of hydrogen-bond donors (Lipinski definition) is 2. The Morgan fingerprint density at radius 1 is 1.30 bits per heavy atom. The lowest BCUT2D eigenvalue weighted by atomic mass is 9.86. The molecule has 2 amide bonds. The van der Waals surface area contributed by atoms with Crippen molar-refractivity contribution >= 4 is 23.3 Å². The van der Waals surface area contributed by atoms with Gasteiger partial charge in [0.2, 0.25) is 0 Å². The summed E-state index contributed by atoms with van der Waals surface area (Å²) in [6, 6.07) is 4.30. The van der Waals surface area contributed by atoms with Crippen LogP contribution in [0.2, 0.25) is 0 Å². The minimum Gasteiger partial charge on any atom is -0.481 e. The molecule has 1 aliphatic carbocycles. The van der Waals surface area contributed by atoms with Gasteiger partial charge in [0, 0.05) is 21.8 Å². The van der Waals surface area contributed by atoms with E-state index < -0.39 is 5.97 Å². The third kappa shape index (κ3) is 4.96. The summed E-state index contributed by atoms with van der Waals surface area (Å²) in [5.41, 5.74) is 0. The van der Waals surface area contributed by atoms with Gasteiger partial charge < -0.3 is 15.3 Å². The summed E-state index contributed by atoms with van der Waals surface area (Å²) in [6.07, 6.45) is 2.78. The summed E-state index contributed by atoms with van der Waals surface area (Å²) in [7, 11) is 0. The molecule has 0 saturated heterocycles. The van der Waals surface area contributed by atoms with Crippen molar-refractivity contribution in [2.75, 3.05) is 0 Å². The van der Waals surface area contributed by atoms with E-state index in [4.69, 9.17) is 5.11 Å². The fourth-order valence-corrected chi connectivity index (χ4v) is 3.86. The molecule has 0 radical (unpaired) electrons. The number of aliphatic carboxylic acids is 1. The third-order valence-electron chi connectivity index (χ3n) is 4.41. The van der Waals surface area contributed by atoms with Crippen LogP contribution >= 0.6 is 11.3 Å². The van der Waals surface area contributed by atoms with E-state index in [2.05, 4.69) is 24.4 Å². The molecule has 0 aliphatic heterocycles. The molecule has 1 aromatic rings. The molecule has 128 valence electrons. The predicted molar refractivity (Wildman–Crippen MR) is 91.6 cm³/mol. The van der Waals surface area contributed by atoms with E-state index in [1.165, 1.54) is 9.75 Å². The van der Waals surface area contributed by atoms with Gasteiger partial charge >= 0.3 is 12.0 Å². The second-order valence-electron chi connectivity index (χ2n) is 6.57. The van der Waals surface area contributed by atoms with Gasteiger partial charge in [0.25, 0.3) is 0 Å². The number of aryl methyl sites for hydroxylation is 1. The first-order chi connectivity index (χ1) is 10.9. The summed E-state index contributed by atoms with van der Waals surface area (Å²) in [4.78, 5) is 27.8. The summed E-state index contributed by atoms with van der Waals surface area (Å²) < 4.78 is 0. The van der Waals surface area contributed by atoms with E-state index in [-0.39, 0.29) is 24.0 Å². The number of rotatable bonds is 5. The van der Waals surface area contributed by atoms with Gasteiger partial charge in [-0.15, -0.1) is 11.3 Å². The van der Waals surface area contributed by atoms with E-state index in [1.807, 2.05) is 18.7 Å². The number of carboxylic acid groups (broad SMARTS) is 1. The Morgan fingerprint density at radius 3 is 2.43 bits per heavy atom. The Morgan fingerprint density at radius 2 is 1.96 bits per heavy atom. The Labute approximate surface area is 141 Å². The molecule has 0 unspecified atom stereocenters. The highest BCUT2D eigenvalue weighted by Crippen LogP contribution is 2.25. The number of nitrogens with zero attached hydrogens (tertiary/aromatic N) is 1. The summed E-state index contributed by atoms with van der Waals surface area (Å²) in [5.74, 6) is -0.968. The topological polar surface area (TPSA) is 69.6 Å². The van der Waals surface area contributed by atoms with E-state index >= 15 is 0 Å².